The van der Waals surface area contributed by atoms with Crippen LogP contribution in [0.4, 0.5) is 15.8 Å². The molecule has 3 rings (SSSR count). The number of carbonyl (C=O) groups excluding carboxylic acids is 2. The lowest BCUT2D eigenvalue weighted by atomic mass is 10.0. The Morgan fingerprint density at radius 2 is 1.63 bits per heavy atom. The van der Waals surface area contributed by atoms with Crippen molar-refractivity contribution in [2.45, 2.75) is 45.3 Å². The quantitative estimate of drug-likeness (QED) is 0.267. The van der Waals surface area contributed by atoms with Gasteiger partial charge in [0.2, 0.25) is 21.8 Å². The summed E-state index contributed by atoms with van der Waals surface area (Å²) in [7, 11) is -4.12. The first-order chi connectivity index (χ1) is 19.2. The van der Waals surface area contributed by atoms with E-state index in [0.29, 0.717) is 0 Å². The zero-order chi connectivity index (χ0) is 30.4. The summed E-state index contributed by atoms with van der Waals surface area (Å²) in [6.07, 6.45) is 0.937. The number of hydrogen-bond donors (Lipinski definition) is 1. The van der Waals surface area contributed by atoms with Gasteiger partial charge in [0.15, 0.2) is 0 Å². The van der Waals surface area contributed by atoms with E-state index >= 15 is 0 Å². The Hall–Kier alpha value is -4.32. The molecule has 0 saturated carbocycles. The van der Waals surface area contributed by atoms with Crippen LogP contribution in [0.25, 0.3) is 0 Å². The van der Waals surface area contributed by atoms with Crippen LogP contribution in [0.15, 0.2) is 78.9 Å². The zero-order valence-electron chi connectivity index (χ0n) is 23.3. The van der Waals surface area contributed by atoms with Crippen LogP contribution in [0, 0.1) is 15.9 Å². The summed E-state index contributed by atoms with van der Waals surface area (Å²) in [5, 5.41) is 14.2. The van der Waals surface area contributed by atoms with Gasteiger partial charge in [-0.3, -0.25) is 24.0 Å². The van der Waals surface area contributed by atoms with Crippen molar-refractivity contribution in [3.8, 4) is 0 Å². The number of nitrogens with one attached hydrogen (secondary N) is 1. The molecule has 12 heteroatoms. The highest BCUT2D eigenvalue weighted by atomic mass is 32.2. The lowest BCUT2D eigenvalue weighted by molar-refractivity contribution is -0.384. The molecule has 41 heavy (non-hydrogen) atoms. The molecule has 3 aromatic rings. The minimum atomic E-state index is -4.12. The predicted molar refractivity (Wildman–Crippen MR) is 154 cm³/mol. The Labute approximate surface area is 239 Å². The molecule has 1 N–H and O–H groups in total. The topological polar surface area (TPSA) is 130 Å². The molecule has 0 spiro atoms. The molecular formula is C29H33FN4O6S. The van der Waals surface area contributed by atoms with E-state index in [1.54, 1.807) is 57.2 Å². The van der Waals surface area contributed by atoms with Crippen molar-refractivity contribution in [1.82, 2.24) is 10.2 Å². The summed E-state index contributed by atoms with van der Waals surface area (Å²) in [6, 6.07) is 18.5. The Kier molecular flexibility index (Phi) is 9.82. The highest BCUT2D eigenvalue weighted by molar-refractivity contribution is 7.92. The molecule has 0 radical (unpaired) electrons. The standard InChI is InChI=1S/C29H33FN4O6S/c1-29(2,3)31-28(36)26(17-21-11-6-5-7-12-21)32(19-22-13-8-9-16-25(22)30)27(35)20-33(41(4,39)40)23-14-10-15-24(18-23)34(37)38/h5-16,18,26H,17,19-20H2,1-4H3,(H,31,36)/t26-/m1/s1. The van der Waals surface area contributed by atoms with Crippen LogP contribution in [-0.4, -0.2) is 54.4 Å². The van der Waals surface area contributed by atoms with Crippen molar-refractivity contribution in [2.75, 3.05) is 17.1 Å². The van der Waals surface area contributed by atoms with Gasteiger partial charge >= 0.3 is 0 Å². The number of carbonyl (C=O) groups is 2. The van der Waals surface area contributed by atoms with Crippen LogP contribution in [0.3, 0.4) is 0 Å². The van der Waals surface area contributed by atoms with Crippen molar-refractivity contribution in [3.63, 3.8) is 0 Å². The van der Waals surface area contributed by atoms with E-state index in [4.69, 9.17) is 0 Å². The van der Waals surface area contributed by atoms with Crippen LogP contribution in [0.5, 0.6) is 0 Å². The van der Waals surface area contributed by atoms with E-state index in [1.165, 1.54) is 36.4 Å². The molecule has 218 valence electrons. The zero-order valence-corrected chi connectivity index (χ0v) is 24.1. The molecule has 0 aliphatic heterocycles. The summed E-state index contributed by atoms with van der Waals surface area (Å²) in [6.45, 7) is 4.24. The van der Waals surface area contributed by atoms with Crippen molar-refractivity contribution in [1.29, 1.82) is 0 Å². The summed E-state index contributed by atoms with van der Waals surface area (Å²) < 4.78 is 41.2. The van der Waals surface area contributed by atoms with Gasteiger partial charge in [0.25, 0.3) is 5.69 Å². The molecule has 10 nitrogen and oxygen atoms in total. The van der Waals surface area contributed by atoms with Gasteiger partial charge in [0.1, 0.15) is 18.4 Å². The van der Waals surface area contributed by atoms with Gasteiger partial charge in [-0.05, 0) is 38.5 Å². The first-order valence-corrected chi connectivity index (χ1v) is 14.6. The molecule has 0 bridgehead atoms. The molecule has 0 fully saturated rings. The number of halogens is 1. The number of anilines is 1. The number of benzene rings is 3. The fourth-order valence-electron chi connectivity index (χ4n) is 4.19. The van der Waals surface area contributed by atoms with E-state index < -0.39 is 50.7 Å². The van der Waals surface area contributed by atoms with Gasteiger partial charge in [-0.15, -0.1) is 0 Å². The Morgan fingerprint density at radius 1 is 1.00 bits per heavy atom. The monoisotopic (exact) mass is 584 g/mol. The second-order valence-electron chi connectivity index (χ2n) is 10.6. The number of nitro benzene ring substituents is 1. The maximum atomic E-state index is 14.8. The maximum absolute atomic E-state index is 14.8. The van der Waals surface area contributed by atoms with E-state index in [-0.39, 0.29) is 29.9 Å². The molecule has 0 aromatic heterocycles. The summed E-state index contributed by atoms with van der Waals surface area (Å²) >= 11 is 0. The molecule has 0 aliphatic rings. The van der Waals surface area contributed by atoms with Gasteiger partial charge in [-0.2, -0.15) is 0 Å². The Bertz CT molecular complexity index is 1510. The van der Waals surface area contributed by atoms with Crippen LogP contribution >= 0.6 is 0 Å². The third-order valence-corrected chi connectivity index (χ3v) is 7.22. The first-order valence-electron chi connectivity index (χ1n) is 12.8. The van der Waals surface area contributed by atoms with E-state index in [2.05, 4.69) is 5.32 Å². The molecule has 1 atom stereocenters. The smallest absolute Gasteiger partial charge is 0.271 e. The number of hydrogen-bond acceptors (Lipinski definition) is 6. The van der Waals surface area contributed by atoms with Gasteiger partial charge in [-0.25, -0.2) is 12.8 Å². The highest BCUT2D eigenvalue weighted by Gasteiger charge is 2.35. The van der Waals surface area contributed by atoms with E-state index in [9.17, 15) is 32.5 Å². The molecule has 0 saturated heterocycles. The third-order valence-electron chi connectivity index (χ3n) is 6.08. The van der Waals surface area contributed by atoms with Gasteiger partial charge in [0, 0.05) is 36.2 Å². The molecule has 2 amide bonds. The summed E-state index contributed by atoms with van der Waals surface area (Å²) in [4.78, 5) is 39.4. The van der Waals surface area contributed by atoms with Gasteiger partial charge < -0.3 is 10.2 Å². The fourth-order valence-corrected chi connectivity index (χ4v) is 5.03. The number of sulfonamides is 1. The highest BCUT2D eigenvalue weighted by Crippen LogP contribution is 2.24. The molecule has 0 aliphatic carbocycles. The lowest BCUT2D eigenvalue weighted by Crippen LogP contribution is -2.56. The third kappa shape index (κ3) is 8.84. The minimum absolute atomic E-state index is 0.0681. The maximum Gasteiger partial charge on any atom is 0.271 e. The number of nitrogens with zero attached hydrogens (tertiary/aromatic N) is 3. The largest absolute Gasteiger partial charge is 0.350 e. The number of nitro groups is 1. The molecular weight excluding hydrogens is 551 g/mol. The first kappa shape index (κ1) is 31.2. The fraction of sp³-hybridized carbons (Fsp3) is 0.310. The number of amides is 2. The van der Waals surface area contributed by atoms with Crippen molar-refractivity contribution in [3.05, 3.63) is 106 Å². The predicted octanol–water partition coefficient (Wildman–Crippen LogP) is 4.05. The Morgan fingerprint density at radius 3 is 2.22 bits per heavy atom. The summed E-state index contributed by atoms with van der Waals surface area (Å²) in [5.74, 6) is -1.90. The normalized spacial score (nSPS) is 12.3. The van der Waals surface area contributed by atoms with Crippen LogP contribution in [0.2, 0.25) is 0 Å². The average molecular weight is 585 g/mol. The van der Waals surface area contributed by atoms with Crippen LogP contribution < -0.4 is 9.62 Å². The van der Waals surface area contributed by atoms with E-state index in [1.807, 2.05) is 0 Å². The van der Waals surface area contributed by atoms with Crippen LogP contribution in [-0.2, 0) is 32.6 Å². The van der Waals surface area contributed by atoms with Gasteiger partial charge in [0.05, 0.1) is 16.9 Å². The molecule has 0 heterocycles. The number of non-ortho nitro benzene ring substituents is 1. The molecule has 3 aromatic carbocycles. The van der Waals surface area contributed by atoms with Crippen LogP contribution in [0.1, 0.15) is 31.9 Å². The van der Waals surface area contributed by atoms with Crippen molar-refractivity contribution < 1.29 is 27.3 Å². The number of rotatable bonds is 11. The second kappa shape index (κ2) is 12.9. The van der Waals surface area contributed by atoms with Crippen molar-refractivity contribution in [2.24, 2.45) is 0 Å². The summed E-state index contributed by atoms with van der Waals surface area (Å²) in [5.41, 5.74) is -0.270. The van der Waals surface area contributed by atoms with Gasteiger partial charge in [-0.1, -0.05) is 54.6 Å². The SMILES string of the molecule is CC(C)(C)NC(=O)[C@@H](Cc1ccccc1)N(Cc1ccccc1F)C(=O)CN(c1cccc([N+](=O)[O-])c1)S(C)(=O)=O. The Balaban J connectivity index is 2.10. The minimum Gasteiger partial charge on any atom is -0.350 e. The second-order valence-corrected chi connectivity index (χ2v) is 12.5. The molecule has 0 unspecified atom stereocenters. The lowest BCUT2D eigenvalue weighted by Gasteiger charge is -2.35. The average Bonchev–Trinajstić information content (AvgIpc) is 2.89. The van der Waals surface area contributed by atoms with Crippen molar-refractivity contribution >= 4 is 33.2 Å². The van der Waals surface area contributed by atoms with E-state index in [0.717, 1.165) is 27.1 Å².